The molecule has 0 aromatic heterocycles. The number of cyclic esters (lactones) is 1. The maximum atomic E-state index is 12.1. The molecule has 130 valence electrons. The van der Waals surface area contributed by atoms with E-state index in [1.807, 2.05) is 35.2 Å². The van der Waals surface area contributed by atoms with Crippen molar-refractivity contribution in [2.24, 2.45) is 0 Å². The Bertz CT molecular complexity index is 760. The van der Waals surface area contributed by atoms with Crippen LogP contribution in [0.25, 0.3) is 0 Å². The first kappa shape index (κ1) is 16.0. The van der Waals surface area contributed by atoms with Crippen molar-refractivity contribution >= 4 is 11.8 Å². The third-order valence-corrected chi connectivity index (χ3v) is 4.95. The second-order valence-electron chi connectivity index (χ2n) is 6.58. The number of benzene rings is 2. The van der Waals surface area contributed by atoms with E-state index in [0.717, 1.165) is 37.5 Å². The van der Waals surface area contributed by atoms with E-state index in [4.69, 9.17) is 9.47 Å². The number of hydrogen-bond acceptors (Lipinski definition) is 4. The third-order valence-electron chi connectivity index (χ3n) is 4.95. The van der Waals surface area contributed by atoms with Crippen LogP contribution in [-0.4, -0.2) is 37.3 Å². The number of hydrogen-bond donors (Lipinski definition) is 0. The molecule has 0 radical (unpaired) electrons. The number of fused-ring (bicyclic) bond motifs is 3. The molecule has 2 aliphatic rings. The van der Waals surface area contributed by atoms with Crippen molar-refractivity contribution in [2.45, 2.75) is 25.6 Å². The van der Waals surface area contributed by atoms with Gasteiger partial charge in [0.2, 0.25) is 0 Å². The Balaban J connectivity index is 1.58. The van der Waals surface area contributed by atoms with Crippen molar-refractivity contribution in [1.82, 2.24) is 4.90 Å². The molecule has 0 spiro atoms. The smallest absolute Gasteiger partial charge is 0.414 e. The SMILES string of the molecule is COc1ccc(CN2CCC3COC(=O)N3c3ccccc3C2)cc1. The largest absolute Gasteiger partial charge is 0.497 e. The van der Waals surface area contributed by atoms with E-state index in [0.29, 0.717) is 6.61 Å². The topological polar surface area (TPSA) is 42.0 Å². The van der Waals surface area contributed by atoms with E-state index < -0.39 is 0 Å². The van der Waals surface area contributed by atoms with Gasteiger partial charge in [0, 0.05) is 19.6 Å². The molecule has 1 amide bonds. The number of ether oxygens (including phenoxy) is 2. The van der Waals surface area contributed by atoms with Crippen LogP contribution in [0.2, 0.25) is 0 Å². The lowest BCUT2D eigenvalue weighted by molar-refractivity contribution is 0.177. The number of methoxy groups -OCH3 is 1. The fourth-order valence-electron chi connectivity index (χ4n) is 3.62. The van der Waals surface area contributed by atoms with Gasteiger partial charge in [0.25, 0.3) is 0 Å². The second kappa shape index (κ2) is 6.76. The highest BCUT2D eigenvalue weighted by Gasteiger charge is 2.36. The Morgan fingerprint density at radius 1 is 1.16 bits per heavy atom. The lowest BCUT2D eigenvalue weighted by atomic mass is 10.0. The van der Waals surface area contributed by atoms with E-state index in [1.54, 1.807) is 7.11 Å². The standard InChI is InChI=1S/C20H22N2O3/c1-24-18-8-6-15(7-9-18)12-21-11-10-17-14-25-20(23)22(17)19-5-3-2-4-16(19)13-21/h2-9,17H,10-14H2,1H3. The van der Waals surface area contributed by atoms with Gasteiger partial charge in [-0.15, -0.1) is 0 Å². The molecular weight excluding hydrogens is 316 g/mol. The van der Waals surface area contributed by atoms with Crippen LogP contribution in [0, 0.1) is 0 Å². The number of para-hydroxylation sites is 1. The van der Waals surface area contributed by atoms with Crippen LogP contribution in [0.4, 0.5) is 10.5 Å². The van der Waals surface area contributed by atoms with E-state index >= 15 is 0 Å². The molecule has 0 aliphatic carbocycles. The first-order valence-electron chi connectivity index (χ1n) is 8.64. The zero-order valence-corrected chi connectivity index (χ0v) is 14.4. The van der Waals surface area contributed by atoms with Crippen LogP contribution in [0.1, 0.15) is 17.5 Å². The fourth-order valence-corrected chi connectivity index (χ4v) is 3.62. The van der Waals surface area contributed by atoms with Gasteiger partial charge in [-0.3, -0.25) is 9.80 Å². The first-order chi connectivity index (χ1) is 12.2. The molecule has 5 nitrogen and oxygen atoms in total. The summed E-state index contributed by atoms with van der Waals surface area (Å²) in [4.78, 5) is 16.4. The Kier molecular flexibility index (Phi) is 4.32. The van der Waals surface area contributed by atoms with Gasteiger partial charge in [-0.1, -0.05) is 30.3 Å². The average Bonchev–Trinajstić information content (AvgIpc) is 2.99. The predicted molar refractivity (Wildman–Crippen MR) is 95.8 cm³/mol. The molecule has 25 heavy (non-hydrogen) atoms. The molecule has 5 heteroatoms. The fraction of sp³-hybridized carbons (Fsp3) is 0.350. The number of nitrogens with zero attached hydrogens (tertiary/aromatic N) is 2. The van der Waals surface area contributed by atoms with Gasteiger partial charge in [0.15, 0.2) is 0 Å². The Morgan fingerprint density at radius 3 is 2.76 bits per heavy atom. The summed E-state index contributed by atoms with van der Waals surface area (Å²) >= 11 is 0. The molecule has 0 saturated carbocycles. The third kappa shape index (κ3) is 3.20. The van der Waals surface area contributed by atoms with Crippen molar-refractivity contribution in [2.75, 3.05) is 25.2 Å². The summed E-state index contributed by atoms with van der Waals surface area (Å²) in [5.74, 6) is 0.874. The van der Waals surface area contributed by atoms with Gasteiger partial charge in [-0.25, -0.2) is 4.79 Å². The summed E-state index contributed by atoms with van der Waals surface area (Å²) in [6.45, 7) is 3.10. The minimum Gasteiger partial charge on any atom is -0.497 e. The van der Waals surface area contributed by atoms with Gasteiger partial charge in [0.05, 0.1) is 18.8 Å². The Hall–Kier alpha value is -2.53. The lowest BCUT2D eigenvalue weighted by Crippen LogP contribution is -2.40. The Morgan fingerprint density at radius 2 is 1.96 bits per heavy atom. The summed E-state index contributed by atoms with van der Waals surface area (Å²) in [6, 6.07) is 16.5. The molecule has 1 unspecified atom stereocenters. The predicted octanol–water partition coefficient (Wildman–Crippen LogP) is 3.43. The van der Waals surface area contributed by atoms with Crippen molar-refractivity contribution in [1.29, 1.82) is 0 Å². The molecule has 0 bridgehead atoms. The van der Waals surface area contributed by atoms with Crippen LogP contribution in [0.5, 0.6) is 5.75 Å². The first-order valence-corrected chi connectivity index (χ1v) is 8.64. The number of anilines is 1. The van der Waals surface area contributed by atoms with E-state index in [-0.39, 0.29) is 12.1 Å². The van der Waals surface area contributed by atoms with Crippen LogP contribution < -0.4 is 9.64 Å². The minimum absolute atomic E-state index is 0.118. The molecule has 4 rings (SSSR count). The highest BCUT2D eigenvalue weighted by atomic mass is 16.6. The Labute approximate surface area is 147 Å². The van der Waals surface area contributed by atoms with Crippen LogP contribution >= 0.6 is 0 Å². The lowest BCUT2D eigenvalue weighted by Gasteiger charge is -2.32. The zero-order valence-electron chi connectivity index (χ0n) is 14.4. The van der Waals surface area contributed by atoms with E-state index in [9.17, 15) is 4.79 Å². The molecule has 2 aromatic rings. The normalized spacial score (nSPS) is 20.3. The molecular formula is C20H22N2O3. The highest BCUT2D eigenvalue weighted by molar-refractivity contribution is 5.91. The summed E-state index contributed by atoms with van der Waals surface area (Å²) in [6.07, 6.45) is 0.692. The minimum atomic E-state index is -0.221. The van der Waals surface area contributed by atoms with Gasteiger partial charge in [-0.2, -0.15) is 0 Å². The van der Waals surface area contributed by atoms with Crippen molar-refractivity contribution < 1.29 is 14.3 Å². The second-order valence-corrected chi connectivity index (χ2v) is 6.58. The molecule has 1 saturated heterocycles. The summed E-state index contributed by atoms with van der Waals surface area (Å²) in [7, 11) is 1.68. The average molecular weight is 338 g/mol. The zero-order chi connectivity index (χ0) is 17.2. The maximum absolute atomic E-state index is 12.1. The number of carbonyl (C=O) groups excluding carboxylic acids is 1. The summed E-state index contributed by atoms with van der Waals surface area (Å²) in [5.41, 5.74) is 3.41. The van der Waals surface area contributed by atoms with Crippen LogP contribution in [0.3, 0.4) is 0 Å². The number of rotatable bonds is 3. The van der Waals surface area contributed by atoms with Crippen LogP contribution in [-0.2, 0) is 17.8 Å². The molecule has 1 fully saturated rings. The van der Waals surface area contributed by atoms with Gasteiger partial charge >= 0.3 is 6.09 Å². The number of carbonyl (C=O) groups is 1. The van der Waals surface area contributed by atoms with Crippen molar-refractivity contribution in [3.05, 3.63) is 59.7 Å². The van der Waals surface area contributed by atoms with Crippen molar-refractivity contribution in [3.8, 4) is 5.75 Å². The van der Waals surface area contributed by atoms with Crippen molar-refractivity contribution in [3.63, 3.8) is 0 Å². The molecule has 2 aliphatic heterocycles. The monoisotopic (exact) mass is 338 g/mol. The van der Waals surface area contributed by atoms with E-state index in [1.165, 1.54) is 11.1 Å². The van der Waals surface area contributed by atoms with Gasteiger partial charge < -0.3 is 9.47 Å². The summed E-state index contributed by atoms with van der Waals surface area (Å²) in [5, 5.41) is 0. The van der Waals surface area contributed by atoms with E-state index in [2.05, 4.69) is 23.1 Å². The molecule has 2 heterocycles. The highest BCUT2D eigenvalue weighted by Crippen LogP contribution is 2.31. The number of amides is 1. The van der Waals surface area contributed by atoms with Gasteiger partial charge in [-0.05, 0) is 35.7 Å². The quantitative estimate of drug-likeness (QED) is 0.860. The molecule has 1 atom stereocenters. The maximum Gasteiger partial charge on any atom is 0.414 e. The summed E-state index contributed by atoms with van der Waals surface area (Å²) < 4.78 is 10.5. The van der Waals surface area contributed by atoms with Crippen LogP contribution in [0.15, 0.2) is 48.5 Å². The molecule has 0 N–H and O–H groups in total. The molecule has 2 aromatic carbocycles. The van der Waals surface area contributed by atoms with Gasteiger partial charge in [0.1, 0.15) is 12.4 Å².